The Labute approximate surface area is 736 Å². The molecule has 3 heterocycles. The Hall–Kier alpha value is -6.02. The van der Waals surface area contributed by atoms with Gasteiger partial charge in [0, 0.05) is 28.8 Å². The molecule has 3 aliphatic carbocycles. The highest BCUT2D eigenvalue weighted by Crippen LogP contribution is 2.59. The molecule has 8 nitrogen and oxygen atoms in total. The predicted molar refractivity (Wildman–Crippen MR) is 486 cm³/mol. The zero-order valence-electron chi connectivity index (χ0n) is 72.0. The third-order valence-corrected chi connectivity index (χ3v) is 27.6. The van der Waals surface area contributed by atoms with E-state index < -0.39 is 74.7 Å². The van der Waals surface area contributed by atoms with E-state index in [1.807, 2.05) is 67.5 Å². The molecular weight excluding hydrogens is 1780 g/mol. The molecule has 2 N–H and O–H groups in total. The number of hydrogen-bond acceptors (Lipinski definition) is 8. The van der Waals surface area contributed by atoms with Crippen LogP contribution < -0.4 is 10.9 Å². The largest absolute Gasteiger partial charge is 0.494 e. The van der Waals surface area contributed by atoms with Gasteiger partial charge in [0.1, 0.15) is 0 Å². The molecule has 0 bridgehead atoms. The molecule has 3 fully saturated rings. The Morgan fingerprint density at radius 3 is 0.867 bits per heavy atom. The second-order valence-electron chi connectivity index (χ2n) is 35.6. The fraction of sp³-hybridized carbons (Fsp3) is 0.438. The van der Waals surface area contributed by atoms with E-state index in [2.05, 4.69) is 221 Å². The molecule has 9 aromatic rings. The molecule has 0 aromatic heterocycles. The first-order valence-corrected chi connectivity index (χ1v) is 44.5. The standard InChI is InChI=1S/C32H36BF3O2.C26H24BrF3.C19H20BrI.C12H24B2O4.C7H6BF3O2/c1-7-17-31(18-8-2)27-19-22(21-9-12-23(13-10-21)32(34,35)36)11-15-25(27)26-16-14-24(20-28(26)31)33-37-29(3,4)30(5,6)38-33;1-3-13-25(14-4-2)23-15-18(17-5-8-19(9-6-17)26(28,29)30)7-11-21(23)22-12-10-20(27)16-24(22)25;1-3-9-19(10-4-2)17-11-13(20)5-7-15(17)16-8-6-14(21)12-18(16)19;1-9(2)10(3,4)16-13(15-9)14-17-11(5,6)12(7,8)18-14;9-7(10,11)5-1-3-6(4-2-5)8(12)13/h9-16,19-20H,7-8,17-18H2,1-6H3;5-12,15-16H,3-4,13-14H2,1-2H3;5-8,11-12H,3-4,9-10H2,1-2H3;1-8H3;1-4,12-13H. The molecule has 0 spiro atoms. The minimum absolute atomic E-state index is 0.0352. The van der Waals surface area contributed by atoms with Gasteiger partial charge < -0.3 is 38.0 Å². The lowest BCUT2D eigenvalue weighted by Crippen LogP contribution is -2.41. The lowest BCUT2D eigenvalue weighted by atomic mass is 9.49. The van der Waals surface area contributed by atoms with E-state index in [9.17, 15) is 39.5 Å². The Bertz CT molecular complexity index is 4960. The summed E-state index contributed by atoms with van der Waals surface area (Å²) in [6.45, 7) is 37.9. The van der Waals surface area contributed by atoms with Gasteiger partial charge in [0.2, 0.25) is 0 Å². The SMILES string of the molecule is CC1(C)OB(B2OC(C)(C)C(C)(C)O2)OC1(C)C.CCCC1(CCC)c2cc(B3OC(C)(C)C(C)(C)O3)ccc2-c2ccc(-c3ccc(C(F)(F)F)cc3)cc21.CCCC1(CCC)c2cc(Br)ccc2-c2ccc(-c3ccc(C(F)(F)F)cc3)cc21.CCCC1(CCC)c2cc(Br)ccc2-c2ccc(I)cc21.OB(O)c1ccc(C(F)(F)F)cc1. The van der Waals surface area contributed by atoms with Crippen molar-refractivity contribution < 1.29 is 77.5 Å². The van der Waals surface area contributed by atoms with Gasteiger partial charge in [-0.1, -0.05) is 221 Å². The Morgan fingerprint density at radius 2 is 0.567 bits per heavy atom. The Morgan fingerprint density at radius 1 is 0.317 bits per heavy atom. The number of fused-ring (bicyclic) bond motifs is 9. The third-order valence-electron chi connectivity index (χ3n) is 26.0. The van der Waals surface area contributed by atoms with Crippen molar-refractivity contribution in [2.24, 2.45) is 0 Å². The summed E-state index contributed by atoms with van der Waals surface area (Å²) in [5.74, 6) is 0. The monoisotopic (exact) mass is 1890 g/mol. The maximum absolute atomic E-state index is 13.1. The van der Waals surface area contributed by atoms with Crippen molar-refractivity contribution >= 4 is 93.6 Å². The lowest BCUT2D eigenvalue weighted by molar-refractivity contribution is -0.138. The zero-order valence-corrected chi connectivity index (χ0v) is 77.3. The first-order valence-electron chi connectivity index (χ1n) is 41.8. The van der Waals surface area contributed by atoms with Crippen LogP contribution in [0.1, 0.15) is 252 Å². The number of halogens is 12. The summed E-state index contributed by atoms with van der Waals surface area (Å²) in [6.07, 6.45) is 0.102. The first-order chi connectivity index (χ1) is 56.0. The average Bonchev–Trinajstić information content (AvgIpc) is 1.56. The van der Waals surface area contributed by atoms with Crippen molar-refractivity contribution in [3.8, 4) is 55.6 Å². The third kappa shape index (κ3) is 19.1. The maximum atomic E-state index is 13.1. The van der Waals surface area contributed by atoms with Crippen molar-refractivity contribution in [3.05, 3.63) is 245 Å². The van der Waals surface area contributed by atoms with Crippen molar-refractivity contribution in [1.29, 1.82) is 0 Å². The topological polar surface area (TPSA) is 95.8 Å². The zero-order chi connectivity index (χ0) is 88.1. The highest BCUT2D eigenvalue weighted by molar-refractivity contribution is 14.1. The van der Waals surface area contributed by atoms with Crippen molar-refractivity contribution in [2.45, 2.75) is 270 Å². The van der Waals surface area contributed by atoms with E-state index in [0.717, 1.165) is 108 Å². The molecule has 15 rings (SSSR count). The molecule has 9 aromatic carbocycles. The van der Waals surface area contributed by atoms with Gasteiger partial charge in [-0.05, 0) is 317 Å². The normalized spacial score (nSPS) is 18.2. The maximum Gasteiger partial charge on any atom is 0.494 e. The van der Waals surface area contributed by atoms with Crippen molar-refractivity contribution in [3.63, 3.8) is 0 Å². The van der Waals surface area contributed by atoms with E-state index in [0.29, 0.717) is 0 Å². The predicted octanol–water partition coefficient (Wildman–Crippen LogP) is 27.1. The fourth-order valence-electron chi connectivity index (χ4n) is 18.0. The van der Waals surface area contributed by atoms with E-state index >= 15 is 0 Å². The van der Waals surface area contributed by atoms with Crippen LogP contribution in [0.25, 0.3) is 55.6 Å². The number of rotatable bonds is 17. The van der Waals surface area contributed by atoms with Gasteiger partial charge >= 0.3 is 46.8 Å². The summed E-state index contributed by atoms with van der Waals surface area (Å²) in [4.78, 5) is 0. The number of hydrogen-bond donors (Lipinski definition) is 2. The molecule has 24 heteroatoms. The van der Waals surface area contributed by atoms with Crippen LogP contribution in [0.15, 0.2) is 191 Å². The molecule has 0 amide bonds. The smallest absolute Gasteiger partial charge is 0.423 e. The minimum atomic E-state index is -4.39. The molecule has 120 heavy (non-hydrogen) atoms. The van der Waals surface area contributed by atoms with Crippen LogP contribution in [-0.4, -0.2) is 71.9 Å². The van der Waals surface area contributed by atoms with Gasteiger partial charge in [-0.2, -0.15) is 39.5 Å². The second kappa shape index (κ2) is 36.1. The van der Waals surface area contributed by atoms with E-state index in [1.54, 1.807) is 29.8 Å². The van der Waals surface area contributed by atoms with Crippen LogP contribution in [0, 0.1) is 3.57 Å². The summed E-state index contributed by atoms with van der Waals surface area (Å²) >= 11 is 9.77. The summed E-state index contributed by atoms with van der Waals surface area (Å²) in [5, 5.41) is 17.2. The van der Waals surface area contributed by atoms with Gasteiger partial charge in [0.05, 0.1) is 50.3 Å². The molecule has 0 radical (unpaired) electrons. The molecule has 3 saturated heterocycles. The molecule has 6 aliphatic rings. The highest BCUT2D eigenvalue weighted by Gasteiger charge is 2.64. The fourth-order valence-corrected chi connectivity index (χ4v) is 19.2. The molecule has 0 unspecified atom stereocenters. The molecule has 3 aliphatic heterocycles. The van der Waals surface area contributed by atoms with Gasteiger partial charge in [-0.15, -0.1) is 0 Å². The van der Waals surface area contributed by atoms with E-state index in [4.69, 9.17) is 38.0 Å². The van der Waals surface area contributed by atoms with Crippen molar-refractivity contribution in [1.82, 2.24) is 0 Å². The molecule has 0 atom stereocenters. The molecule has 0 saturated carbocycles. The molecule has 638 valence electrons. The minimum Gasteiger partial charge on any atom is -0.423 e. The quantitative estimate of drug-likeness (QED) is 0.0529. The van der Waals surface area contributed by atoms with E-state index in [1.165, 1.54) is 119 Å². The average molecular weight is 1890 g/mol. The van der Waals surface area contributed by atoms with Gasteiger partial charge in [-0.3, -0.25) is 0 Å². The lowest BCUT2D eigenvalue weighted by Gasteiger charge is -2.32. The number of benzene rings is 9. The Kier molecular flexibility index (Phi) is 28.5. The van der Waals surface area contributed by atoms with Crippen LogP contribution in [0.3, 0.4) is 0 Å². The van der Waals surface area contributed by atoms with Crippen LogP contribution in [0.4, 0.5) is 39.5 Å². The van der Waals surface area contributed by atoms with E-state index in [-0.39, 0.29) is 44.1 Å². The van der Waals surface area contributed by atoms with Crippen molar-refractivity contribution in [2.75, 3.05) is 0 Å². The summed E-state index contributed by atoms with van der Waals surface area (Å²) < 4.78 is 154. The summed E-state index contributed by atoms with van der Waals surface area (Å²) in [7, 11) is -3.12. The second-order valence-corrected chi connectivity index (χ2v) is 38.7. The van der Waals surface area contributed by atoms with Crippen LogP contribution in [-0.2, 0) is 62.7 Å². The van der Waals surface area contributed by atoms with Crippen LogP contribution in [0.2, 0.25) is 0 Å². The summed E-state index contributed by atoms with van der Waals surface area (Å²) in [6, 6.07) is 54.2. The van der Waals surface area contributed by atoms with Crippen LogP contribution >= 0.6 is 54.5 Å². The summed E-state index contributed by atoms with van der Waals surface area (Å²) in [5.41, 5.74) is 16.3. The first kappa shape index (κ1) is 94.7. The van der Waals surface area contributed by atoms with Gasteiger partial charge in [0.25, 0.3) is 0 Å². The Balaban J connectivity index is 0.000000154. The number of alkyl halides is 9. The highest BCUT2D eigenvalue weighted by atomic mass is 127. The van der Waals surface area contributed by atoms with Gasteiger partial charge in [-0.25, -0.2) is 0 Å². The van der Waals surface area contributed by atoms with Crippen LogP contribution in [0.5, 0.6) is 0 Å². The van der Waals surface area contributed by atoms with Gasteiger partial charge in [0.15, 0.2) is 0 Å². The molecular formula is C96H110B4Br2F9IO8.